The molecule has 0 aliphatic carbocycles. The van der Waals surface area contributed by atoms with Gasteiger partial charge in [0.2, 0.25) is 5.95 Å². The maximum Gasteiger partial charge on any atom is 0.249 e. The van der Waals surface area contributed by atoms with Crippen molar-refractivity contribution in [2.75, 3.05) is 10.6 Å². The molecule has 0 radical (unpaired) electrons. The van der Waals surface area contributed by atoms with Crippen LogP contribution in [0, 0.1) is 18.3 Å². The molecule has 0 atom stereocenters. The molecule has 3 rings (SSSR count). The smallest absolute Gasteiger partial charge is 0.249 e. The minimum absolute atomic E-state index is 0.328. The number of aromatic nitrogens is 3. The molecule has 0 unspecified atom stereocenters. The van der Waals surface area contributed by atoms with E-state index in [-0.39, 0.29) is 0 Å². The number of anilines is 4. The average molecular weight is 337 g/mol. The van der Waals surface area contributed by atoms with Crippen LogP contribution in [0.2, 0.25) is 5.02 Å². The van der Waals surface area contributed by atoms with Gasteiger partial charge < -0.3 is 10.6 Å². The molecule has 0 saturated carbocycles. The Morgan fingerprint density at radius 1 is 1.12 bits per heavy atom. The van der Waals surface area contributed by atoms with Crippen molar-refractivity contribution in [1.29, 1.82) is 5.26 Å². The standard InChI is InChI=1S/C17H13ClN6/c1-11-14(18)6-3-7-15(11)22-16-10-20-24-17(23-16)21-13-5-2-4-12(8-13)9-19/h2-8,10H,1H3,(H2,21,22,23,24). The first-order chi connectivity index (χ1) is 11.7. The molecule has 24 heavy (non-hydrogen) atoms. The lowest BCUT2D eigenvalue weighted by Gasteiger charge is -2.10. The lowest BCUT2D eigenvalue weighted by Crippen LogP contribution is -2.03. The lowest BCUT2D eigenvalue weighted by atomic mass is 10.2. The van der Waals surface area contributed by atoms with Crippen LogP contribution in [0.5, 0.6) is 0 Å². The Labute approximate surface area is 144 Å². The third kappa shape index (κ3) is 3.59. The van der Waals surface area contributed by atoms with Crippen LogP contribution in [-0.4, -0.2) is 15.2 Å². The second-order valence-corrected chi connectivity index (χ2v) is 5.43. The highest BCUT2D eigenvalue weighted by Crippen LogP contribution is 2.25. The van der Waals surface area contributed by atoms with Gasteiger partial charge in [-0.3, -0.25) is 0 Å². The van der Waals surface area contributed by atoms with E-state index in [1.54, 1.807) is 18.2 Å². The summed E-state index contributed by atoms with van der Waals surface area (Å²) in [4.78, 5) is 4.37. The molecule has 0 aliphatic rings. The van der Waals surface area contributed by atoms with E-state index in [9.17, 15) is 0 Å². The van der Waals surface area contributed by atoms with Crippen LogP contribution in [0.25, 0.3) is 0 Å². The molecule has 7 heteroatoms. The first-order valence-corrected chi connectivity index (χ1v) is 7.52. The van der Waals surface area contributed by atoms with E-state index in [4.69, 9.17) is 16.9 Å². The average Bonchev–Trinajstić information content (AvgIpc) is 2.59. The molecule has 0 saturated heterocycles. The zero-order chi connectivity index (χ0) is 16.9. The predicted molar refractivity (Wildman–Crippen MR) is 93.7 cm³/mol. The number of hydrogen-bond donors (Lipinski definition) is 2. The topological polar surface area (TPSA) is 86.5 Å². The molecule has 0 aliphatic heterocycles. The molecule has 1 heterocycles. The Morgan fingerprint density at radius 2 is 1.96 bits per heavy atom. The van der Waals surface area contributed by atoms with Gasteiger partial charge in [0, 0.05) is 16.4 Å². The maximum atomic E-state index is 8.94. The van der Waals surface area contributed by atoms with Gasteiger partial charge in [-0.05, 0) is 42.8 Å². The fraction of sp³-hybridized carbons (Fsp3) is 0.0588. The first kappa shape index (κ1) is 15.7. The number of halogens is 1. The van der Waals surface area contributed by atoms with Gasteiger partial charge in [0.15, 0.2) is 5.82 Å². The zero-order valence-electron chi connectivity index (χ0n) is 12.8. The molecule has 3 aromatic rings. The number of benzene rings is 2. The fourth-order valence-electron chi connectivity index (χ4n) is 2.09. The summed E-state index contributed by atoms with van der Waals surface area (Å²) in [5.74, 6) is 0.865. The van der Waals surface area contributed by atoms with Crippen LogP contribution in [0.4, 0.5) is 23.1 Å². The fourth-order valence-corrected chi connectivity index (χ4v) is 2.27. The van der Waals surface area contributed by atoms with Crippen LogP contribution in [0.1, 0.15) is 11.1 Å². The van der Waals surface area contributed by atoms with E-state index < -0.39 is 0 Å². The first-order valence-electron chi connectivity index (χ1n) is 7.15. The van der Waals surface area contributed by atoms with Crippen molar-refractivity contribution in [1.82, 2.24) is 15.2 Å². The lowest BCUT2D eigenvalue weighted by molar-refractivity contribution is 0.982. The monoisotopic (exact) mass is 336 g/mol. The van der Waals surface area contributed by atoms with Gasteiger partial charge in [-0.15, -0.1) is 5.10 Å². The Morgan fingerprint density at radius 3 is 2.79 bits per heavy atom. The summed E-state index contributed by atoms with van der Waals surface area (Å²) in [7, 11) is 0. The van der Waals surface area contributed by atoms with Gasteiger partial charge in [-0.2, -0.15) is 15.3 Å². The van der Waals surface area contributed by atoms with Crippen molar-refractivity contribution in [3.8, 4) is 6.07 Å². The van der Waals surface area contributed by atoms with Crippen LogP contribution >= 0.6 is 11.6 Å². The number of rotatable bonds is 4. The number of nitrogens with zero attached hydrogens (tertiary/aromatic N) is 4. The number of nitriles is 1. The normalized spacial score (nSPS) is 10.0. The molecular formula is C17H13ClN6. The van der Waals surface area contributed by atoms with Crippen LogP contribution in [0.15, 0.2) is 48.7 Å². The van der Waals surface area contributed by atoms with Crippen LogP contribution < -0.4 is 10.6 Å². The van der Waals surface area contributed by atoms with E-state index in [2.05, 4.69) is 31.9 Å². The Kier molecular flexibility index (Phi) is 4.54. The summed E-state index contributed by atoms with van der Waals surface area (Å²) in [6.07, 6.45) is 1.53. The van der Waals surface area contributed by atoms with Crippen molar-refractivity contribution >= 4 is 34.7 Å². The highest BCUT2D eigenvalue weighted by atomic mass is 35.5. The van der Waals surface area contributed by atoms with E-state index in [1.807, 2.05) is 31.2 Å². The molecule has 0 spiro atoms. The van der Waals surface area contributed by atoms with Crippen LogP contribution in [0.3, 0.4) is 0 Å². The largest absolute Gasteiger partial charge is 0.339 e. The second-order valence-electron chi connectivity index (χ2n) is 5.02. The van der Waals surface area contributed by atoms with Gasteiger partial charge in [-0.1, -0.05) is 23.7 Å². The molecular weight excluding hydrogens is 324 g/mol. The maximum absolute atomic E-state index is 8.94. The summed E-state index contributed by atoms with van der Waals surface area (Å²) in [6, 6.07) is 14.7. The molecule has 0 fully saturated rings. The quantitative estimate of drug-likeness (QED) is 0.742. The summed E-state index contributed by atoms with van der Waals surface area (Å²) >= 11 is 6.12. The van der Waals surface area contributed by atoms with E-state index in [0.29, 0.717) is 28.0 Å². The van der Waals surface area contributed by atoms with Gasteiger partial charge in [0.05, 0.1) is 17.8 Å². The third-order valence-electron chi connectivity index (χ3n) is 3.34. The van der Waals surface area contributed by atoms with E-state index in [0.717, 1.165) is 11.3 Å². The summed E-state index contributed by atoms with van der Waals surface area (Å²) in [5.41, 5.74) is 3.04. The SMILES string of the molecule is Cc1c(Cl)cccc1Nc1cnnc(Nc2cccc(C#N)c2)n1. The Bertz CT molecular complexity index is 919. The van der Waals surface area contributed by atoms with Crippen LogP contribution in [-0.2, 0) is 0 Å². The molecule has 1 aromatic heterocycles. The molecule has 2 aromatic carbocycles. The predicted octanol–water partition coefficient (Wildman–Crippen LogP) is 4.19. The molecule has 6 nitrogen and oxygen atoms in total. The Hall–Kier alpha value is -3.17. The van der Waals surface area contributed by atoms with Gasteiger partial charge in [-0.25, -0.2) is 0 Å². The van der Waals surface area contributed by atoms with Gasteiger partial charge in [0.1, 0.15) is 0 Å². The molecule has 0 bridgehead atoms. The summed E-state index contributed by atoms with van der Waals surface area (Å²) in [5, 5.41) is 23.7. The molecule has 0 amide bonds. The molecule has 2 N–H and O–H groups in total. The van der Waals surface area contributed by atoms with Gasteiger partial charge >= 0.3 is 0 Å². The van der Waals surface area contributed by atoms with E-state index in [1.165, 1.54) is 6.20 Å². The van der Waals surface area contributed by atoms with Gasteiger partial charge in [0.25, 0.3) is 0 Å². The van der Waals surface area contributed by atoms with Crippen molar-refractivity contribution in [3.05, 3.63) is 64.8 Å². The highest BCUT2D eigenvalue weighted by molar-refractivity contribution is 6.31. The third-order valence-corrected chi connectivity index (χ3v) is 3.75. The minimum atomic E-state index is 0.328. The van der Waals surface area contributed by atoms with E-state index >= 15 is 0 Å². The minimum Gasteiger partial charge on any atom is -0.339 e. The van der Waals surface area contributed by atoms with Crippen molar-refractivity contribution in [2.45, 2.75) is 6.92 Å². The zero-order valence-corrected chi connectivity index (χ0v) is 13.5. The number of nitrogens with one attached hydrogen (secondary N) is 2. The second kappa shape index (κ2) is 6.94. The molecule has 118 valence electrons. The summed E-state index contributed by atoms with van der Waals surface area (Å²) in [6.45, 7) is 1.92. The van der Waals surface area contributed by atoms with Crippen molar-refractivity contribution in [2.24, 2.45) is 0 Å². The van der Waals surface area contributed by atoms with Crippen molar-refractivity contribution < 1.29 is 0 Å². The number of hydrogen-bond acceptors (Lipinski definition) is 6. The summed E-state index contributed by atoms with van der Waals surface area (Å²) < 4.78 is 0. The van der Waals surface area contributed by atoms with Crippen molar-refractivity contribution in [3.63, 3.8) is 0 Å². The Balaban J connectivity index is 1.81. The highest BCUT2D eigenvalue weighted by Gasteiger charge is 2.06.